The van der Waals surface area contributed by atoms with Crippen LogP contribution in [0.5, 0.6) is 5.75 Å². The van der Waals surface area contributed by atoms with E-state index in [9.17, 15) is 5.26 Å². The highest BCUT2D eigenvalue weighted by Gasteiger charge is 2.24. The molecule has 0 unspecified atom stereocenters. The van der Waals surface area contributed by atoms with Crippen LogP contribution in [0, 0.1) is 11.3 Å². The van der Waals surface area contributed by atoms with E-state index < -0.39 is 0 Å². The predicted molar refractivity (Wildman–Crippen MR) is 79.3 cm³/mol. The third kappa shape index (κ3) is 2.41. The van der Waals surface area contributed by atoms with E-state index >= 15 is 0 Å². The number of nitriles is 1. The molecule has 2 aromatic rings. The number of nitrogen functional groups attached to an aromatic ring is 1. The van der Waals surface area contributed by atoms with Gasteiger partial charge in [0.25, 0.3) is 0 Å². The van der Waals surface area contributed by atoms with E-state index in [2.05, 4.69) is 22.0 Å². The number of ether oxygens (including phenoxy) is 1. The first-order chi connectivity index (χ1) is 10.2. The highest BCUT2D eigenvalue weighted by molar-refractivity contribution is 5.56. The van der Waals surface area contributed by atoms with Crippen LogP contribution in [0.15, 0.2) is 30.5 Å². The van der Waals surface area contributed by atoms with Gasteiger partial charge in [-0.15, -0.1) is 0 Å². The molecule has 5 nitrogen and oxygen atoms in total. The second-order valence-electron chi connectivity index (χ2n) is 5.09. The number of rotatable bonds is 3. The first kappa shape index (κ1) is 13.4. The summed E-state index contributed by atoms with van der Waals surface area (Å²) in [4.78, 5) is 6.36. The Hall–Kier alpha value is -2.58. The second kappa shape index (κ2) is 5.43. The van der Waals surface area contributed by atoms with Gasteiger partial charge >= 0.3 is 0 Å². The maximum atomic E-state index is 9.23. The van der Waals surface area contributed by atoms with Gasteiger partial charge in [0.2, 0.25) is 0 Å². The van der Waals surface area contributed by atoms with Crippen molar-refractivity contribution >= 4 is 5.82 Å². The first-order valence-corrected chi connectivity index (χ1v) is 6.73. The molecule has 2 heterocycles. The average Bonchev–Trinajstić information content (AvgIpc) is 2.90. The van der Waals surface area contributed by atoms with E-state index in [0.717, 1.165) is 35.5 Å². The summed E-state index contributed by atoms with van der Waals surface area (Å²) in [5, 5.41) is 9.23. The normalized spacial score (nSPS) is 13.7. The van der Waals surface area contributed by atoms with Gasteiger partial charge < -0.3 is 10.5 Å². The van der Waals surface area contributed by atoms with Gasteiger partial charge in [-0.3, -0.25) is 4.90 Å². The third-order valence-electron chi connectivity index (χ3n) is 3.78. The van der Waals surface area contributed by atoms with Gasteiger partial charge in [0.15, 0.2) is 0 Å². The van der Waals surface area contributed by atoms with Crippen LogP contribution >= 0.6 is 0 Å². The summed E-state index contributed by atoms with van der Waals surface area (Å²) < 4.78 is 5.39. The number of aromatic nitrogens is 1. The molecule has 21 heavy (non-hydrogen) atoms. The molecule has 1 aromatic carbocycles. The Labute approximate surface area is 123 Å². The highest BCUT2D eigenvalue weighted by Crippen LogP contribution is 2.30. The van der Waals surface area contributed by atoms with Crippen molar-refractivity contribution in [1.29, 1.82) is 5.26 Å². The zero-order valence-electron chi connectivity index (χ0n) is 11.8. The number of nitrogens with zero attached hydrogens (tertiary/aromatic N) is 3. The highest BCUT2D eigenvalue weighted by atomic mass is 16.5. The van der Waals surface area contributed by atoms with Gasteiger partial charge in [-0.25, -0.2) is 4.98 Å². The van der Waals surface area contributed by atoms with Gasteiger partial charge in [-0.2, -0.15) is 5.26 Å². The van der Waals surface area contributed by atoms with Crippen LogP contribution in [0.4, 0.5) is 5.82 Å². The summed E-state index contributed by atoms with van der Waals surface area (Å²) in [5.41, 5.74) is 9.50. The Kier molecular flexibility index (Phi) is 3.46. The first-order valence-electron chi connectivity index (χ1n) is 6.73. The lowest BCUT2D eigenvalue weighted by Crippen LogP contribution is -2.16. The predicted octanol–water partition coefficient (Wildman–Crippen LogP) is 2.06. The number of nitrogens with two attached hydrogens (primary N) is 1. The summed E-state index contributed by atoms with van der Waals surface area (Å²) in [6, 6.07) is 10.1. The van der Waals surface area contributed by atoms with Crippen molar-refractivity contribution in [2.24, 2.45) is 0 Å². The van der Waals surface area contributed by atoms with Crippen LogP contribution in [0.25, 0.3) is 0 Å². The fourth-order valence-electron chi connectivity index (χ4n) is 2.75. The number of hydrogen-bond donors (Lipinski definition) is 1. The summed E-state index contributed by atoms with van der Waals surface area (Å²) in [7, 11) is 1.68. The zero-order valence-corrected chi connectivity index (χ0v) is 11.8. The average molecular weight is 280 g/mol. The minimum Gasteiger partial charge on any atom is -0.496 e. The molecule has 0 atom stereocenters. The number of fused-ring (bicyclic) bond motifs is 1. The van der Waals surface area contributed by atoms with Crippen molar-refractivity contribution in [3.8, 4) is 11.8 Å². The van der Waals surface area contributed by atoms with Crippen LogP contribution in [0.1, 0.15) is 22.3 Å². The Morgan fingerprint density at radius 2 is 2.19 bits per heavy atom. The van der Waals surface area contributed by atoms with Crippen LogP contribution < -0.4 is 10.5 Å². The lowest BCUT2D eigenvalue weighted by molar-refractivity contribution is 0.270. The standard InChI is InChI=1S/C16H16N4O/c1-21-15-5-3-2-4-11(15)8-20-9-12-7-19-16(18)13(6-17)14(12)10-20/h2-5,7H,8-10H2,1H3,(H2,18,19). The molecule has 0 spiro atoms. The molecule has 1 aliphatic heterocycles. The van der Waals surface area contributed by atoms with Gasteiger partial charge in [0.1, 0.15) is 17.6 Å². The van der Waals surface area contributed by atoms with E-state index in [0.29, 0.717) is 17.9 Å². The molecule has 1 aromatic heterocycles. The molecule has 0 aliphatic carbocycles. The molecule has 0 bridgehead atoms. The maximum Gasteiger partial charge on any atom is 0.141 e. The van der Waals surface area contributed by atoms with Crippen molar-refractivity contribution in [1.82, 2.24) is 9.88 Å². The lowest BCUT2D eigenvalue weighted by atomic mass is 10.1. The fraction of sp³-hybridized carbons (Fsp3) is 0.250. The Morgan fingerprint density at radius 3 is 2.95 bits per heavy atom. The van der Waals surface area contributed by atoms with Crippen molar-refractivity contribution in [2.45, 2.75) is 19.6 Å². The summed E-state index contributed by atoms with van der Waals surface area (Å²) in [6.07, 6.45) is 1.77. The molecule has 2 N–H and O–H groups in total. The SMILES string of the molecule is COc1ccccc1CN1Cc2cnc(N)c(C#N)c2C1. The molecular formula is C16H16N4O. The van der Waals surface area contributed by atoms with Crippen LogP contribution in [-0.2, 0) is 19.6 Å². The Morgan fingerprint density at radius 1 is 1.38 bits per heavy atom. The van der Waals surface area contributed by atoms with Crippen LogP contribution in [0.2, 0.25) is 0 Å². The monoisotopic (exact) mass is 280 g/mol. The number of para-hydroxylation sites is 1. The van der Waals surface area contributed by atoms with Gasteiger partial charge in [0, 0.05) is 31.4 Å². The third-order valence-corrected chi connectivity index (χ3v) is 3.78. The Bertz CT molecular complexity index is 721. The zero-order chi connectivity index (χ0) is 14.8. The van der Waals surface area contributed by atoms with Gasteiger partial charge in [0.05, 0.1) is 12.7 Å². The number of hydrogen-bond acceptors (Lipinski definition) is 5. The number of methoxy groups -OCH3 is 1. The van der Waals surface area contributed by atoms with Crippen molar-refractivity contribution in [3.05, 3.63) is 52.7 Å². The number of benzene rings is 1. The maximum absolute atomic E-state index is 9.23. The minimum absolute atomic E-state index is 0.315. The van der Waals surface area contributed by atoms with Crippen molar-refractivity contribution in [2.75, 3.05) is 12.8 Å². The molecule has 0 saturated carbocycles. The minimum atomic E-state index is 0.315. The molecule has 5 heteroatoms. The van der Waals surface area contributed by atoms with Gasteiger partial charge in [-0.05, 0) is 17.2 Å². The summed E-state index contributed by atoms with van der Waals surface area (Å²) >= 11 is 0. The molecule has 106 valence electrons. The topological polar surface area (TPSA) is 75.2 Å². The fourth-order valence-corrected chi connectivity index (χ4v) is 2.75. The van der Waals surface area contributed by atoms with Crippen LogP contribution in [-0.4, -0.2) is 17.0 Å². The quantitative estimate of drug-likeness (QED) is 0.931. The molecule has 0 amide bonds. The van der Waals surface area contributed by atoms with E-state index in [1.165, 1.54) is 0 Å². The Balaban J connectivity index is 1.84. The van der Waals surface area contributed by atoms with Crippen LogP contribution in [0.3, 0.4) is 0 Å². The molecule has 1 aliphatic rings. The molecule has 0 fully saturated rings. The van der Waals surface area contributed by atoms with Crippen molar-refractivity contribution < 1.29 is 4.74 Å². The van der Waals surface area contributed by atoms with E-state index in [-0.39, 0.29) is 0 Å². The smallest absolute Gasteiger partial charge is 0.141 e. The second-order valence-corrected chi connectivity index (χ2v) is 5.09. The van der Waals surface area contributed by atoms with Crippen molar-refractivity contribution in [3.63, 3.8) is 0 Å². The largest absolute Gasteiger partial charge is 0.496 e. The summed E-state index contributed by atoms with van der Waals surface area (Å²) in [6.45, 7) is 2.25. The lowest BCUT2D eigenvalue weighted by Gasteiger charge is -2.16. The molecule has 3 rings (SSSR count). The van der Waals surface area contributed by atoms with Gasteiger partial charge in [-0.1, -0.05) is 18.2 Å². The molecule has 0 saturated heterocycles. The van der Waals surface area contributed by atoms with E-state index in [1.54, 1.807) is 13.3 Å². The van der Waals surface area contributed by atoms with E-state index in [4.69, 9.17) is 10.5 Å². The summed E-state index contributed by atoms with van der Waals surface area (Å²) in [5.74, 6) is 1.20. The number of pyridine rings is 1. The molecule has 0 radical (unpaired) electrons. The van der Waals surface area contributed by atoms with E-state index in [1.807, 2.05) is 18.2 Å². The number of anilines is 1. The molecular weight excluding hydrogens is 264 g/mol.